The van der Waals surface area contributed by atoms with E-state index in [0.29, 0.717) is 19.1 Å². The molecule has 0 saturated carbocycles. The Bertz CT molecular complexity index is 242. The molecule has 1 amide bonds. The number of methoxy groups -OCH3 is 1. The van der Waals surface area contributed by atoms with Crippen molar-refractivity contribution < 1.29 is 9.53 Å². The number of hydrogen-bond acceptors (Lipinski definition) is 4. The molecule has 1 aliphatic rings. The van der Waals surface area contributed by atoms with Crippen LogP contribution >= 0.6 is 0 Å². The van der Waals surface area contributed by atoms with Crippen molar-refractivity contribution in [1.82, 2.24) is 15.1 Å². The third-order valence-electron chi connectivity index (χ3n) is 3.44. The molecule has 5 nitrogen and oxygen atoms in total. The number of rotatable bonds is 7. The summed E-state index contributed by atoms with van der Waals surface area (Å²) in [6.07, 6.45) is 2.45. The third-order valence-corrected chi connectivity index (χ3v) is 3.44. The normalized spacial score (nSPS) is 20.1. The largest absolute Gasteiger partial charge is 0.383 e. The molecule has 18 heavy (non-hydrogen) atoms. The lowest BCUT2D eigenvalue weighted by Gasteiger charge is -2.28. The highest BCUT2D eigenvalue weighted by atomic mass is 16.5. The Kier molecular flexibility index (Phi) is 7.23. The number of nitrogens with one attached hydrogen (secondary N) is 1. The van der Waals surface area contributed by atoms with Crippen molar-refractivity contribution in [3.05, 3.63) is 0 Å². The average Bonchev–Trinajstić information content (AvgIpc) is 2.37. The first-order valence-electron chi connectivity index (χ1n) is 6.75. The van der Waals surface area contributed by atoms with Gasteiger partial charge >= 0.3 is 0 Å². The topological polar surface area (TPSA) is 44.8 Å². The van der Waals surface area contributed by atoms with Gasteiger partial charge in [-0.1, -0.05) is 0 Å². The lowest BCUT2D eigenvalue weighted by molar-refractivity contribution is -0.131. The van der Waals surface area contributed by atoms with Gasteiger partial charge in [-0.2, -0.15) is 0 Å². The van der Waals surface area contributed by atoms with Crippen LogP contribution in [-0.4, -0.2) is 76.2 Å². The number of piperidine rings is 1. The standard InChI is InChI=1S/C13H27N3O2/c1-15(7-8-18-3)11-13(17)16(2)10-12-5-4-6-14-9-12/h12,14H,4-11H2,1-3H3/t12-/m0/s1. The number of carbonyl (C=O) groups is 1. The second-order valence-corrected chi connectivity index (χ2v) is 5.22. The lowest BCUT2D eigenvalue weighted by atomic mass is 9.99. The van der Waals surface area contributed by atoms with E-state index < -0.39 is 0 Å². The van der Waals surface area contributed by atoms with Crippen LogP contribution in [0.5, 0.6) is 0 Å². The van der Waals surface area contributed by atoms with Crippen molar-refractivity contribution in [1.29, 1.82) is 0 Å². The van der Waals surface area contributed by atoms with E-state index in [1.807, 2.05) is 23.9 Å². The van der Waals surface area contributed by atoms with Crippen LogP contribution in [0.25, 0.3) is 0 Å². The number of likely N-dealkylation sites (N-methyl/N-ethyl adjacent to an activating group) is 2. The first-order valence-corrected chi connectivity index (χ1v) is 6.75. The maximum atomic E-state index is 12.0. The summed E-state index contributed by atoms with van der Waals surface area (Å²) in [6.45, 7) is 4.95. The van der Waals surface area contributed by atoms with Gasteiger partial charge in [-0.15, -0.1) is 0 Å². The molecule has 1 N–H and O–H groups in total. The van der Waals surface area contributed by atoms with Crippen LogP contribution in [-0.2, 0) is 9.53 Å². The summed E-state index contributed by atoms with van der Waals surface area (Å²) in [5.74, 6) is 0.802. The van der Waals surface area contributed by atoms with E-state index >= 15 is 0 Å². The summed E-state index contributed by atoms with van der Waals surface area (Å²) < 4.78 is 5.00. The quantitative estimate of drug-likeness (QED) is 0.698. The molecular formula is C13H27N3O2. The lowest BCUT2D eigenvalue weighted by Crippen LogP contribution is -2.42. The van der Waals surface area contributed by atoms with Crippen molar-refractivity contribution in [3.8, 4) is 0 Å². The first-order chi connectivity index (χ1) is 8.63. The summed E-state index contributed by atoms with van der Waals surface area (Å²) >= 11 is 0. The fraction of sp³-hybridized carbons (Fsp3) is 0.923. The molecule has 0 unspecified atom stereocenters. The third kappa shape index (κ3) is 5.80. The van der Waals surface area contributed by atoms with Gasteiger partial charge in [-0.05, 0) is 38.9 Å². The SMILES string of the molecule is COCCN(C)CC(=O)N(C)C[C@H]1CCCNC1. The maximum absolute atomic E-state index is 12.0. The van der Waals surface area contributed by atoms with Crippen LogP contribution < -0.4 is 5.32 Å². The maximum Gasteiger partial charge on any atom is 0.236 e. The fourth-order valence-corrected chi connectivity index (χ4v) is 2.25. The molecule has 0 radical (unpaired) electrons. The zero-order valence-electron chi connectivity index (χ0n) is 11.9. The molecule has 106 valence electrons. The van der Waals surface area contributed by atoms with Crippen LogP contribution in [0, 0.1) is 5.92 Å². The minimum atomic E-state index is 0.194. The zero-order chi connectivity index (χ0) is 13.4. The summed E-state index contributed by atoms with van der Waals surface area (Å²) in [7, 11) is 5.53. The molecule has 1 heterocycles. The number of hydrogen-bond donors (Lipinski definition) is 1. The number of nitrogens with zero attached hydrogens (tertiary/aromatic N) is 2. The summed E-state index contributed by atoms with van der Waals surface area (Å²) in [5, 5.41) is 3.38. The van der Waals surface area contributed by atoms with Gasteiger partial charge in [0.1, 0.15) is 0 Å². The first kappa shape index (κ1) is 15.4. The summed E-state index contributed by atoms with van der Waals surface area (Å²) in [6, 6.07) is 0. The van der Waals surface area contributed by atoms with Crippen LogP contribution in [0.2, 0.25) is 0 Å². The number of ether oxygens (including phenoxy) is 1. The summed E-state index contributed by atoms with van der Waals surface area (Å²) in [5.41, 5.74) is 0. The summed E-state index contributed by atoms with van der Waals surface area (Å²) in [4.78, 5) is 15.9. The Hall–Kier alpha value is -0.650. The van der Waals surface area contributed by atoms with E-state index in [1.54, 1.807) is 7.11 Å². The van der Waals surface area contributed by atoms with Crippen LogP contribution in [0.1, 0.15) is 12.8 Å². The van der Waals surface area contributed by atoms with Crippen LogP contribution in [0.3, 0.4) is 0 Å². The fourth-order valence-electron chi connectivity index (χ4n) is 2.25. The van der Waals surface area contributed by atoms with E-state index in [0.717, 1.165) is 26.2 Å². The predicted molar refractivity (Wildman–Crippen MR) is 72.6 cm³/mol. The zero-order valence-corrected chi connectivity index (χ0v) is 11.9. The monoisotopic (exact) mass is 257 g/mol. The van der Waals surface area contributed by atoms with Gasteiger partial charge < -0.3 is 15.0 Å². The van der Waals surface area contributed by atoms with Gasteiger partial charge in [0.2, 0.25) is 5.91 Å². The van der Waals surface area contributed by atoms with Gasteiger partial charge in [0.25, 0.3) is 0 Å². The smallest absolute Gasteiger partial charge is 0.236 e. The Morgan fingerprint density at radius 1 is 1.44 bits per heavy atom. The van der Waals surface area contributed by atoms with Crippen LogP contribution in [0.15, 0.2) is 0 Å². The van der Waals surface area contributed by atoms with E-state index in [-0.39, 0.29) is 5.91 Å². The Morgan fingerprint density at radius 3 is 2.83 bits per heavy atom. The molecular weight excluding hydrogens is 230 g/mol. The van der Waals surface area contributed by atoms with E-state index in [9.17, 15) is 4.79 Å². The van der Waals surface area contributed by atoms with Crippen molar-refractivity contribution in [2.24, 2.45) is 5.92 Å². The van der Waals surface area contributed by atoms with Gasteiger partial charge in [-0.25, -0.2) is 0 Å². The molecule has 1 saturated heterocycles. The van der Waals surface area contributed by atoms with Gasteiger partial charge in [-0.3, -0.25) is 9.69 Å². The Balaban J connectivity index is 2.22. The molecule has 1 atom stereocenters. The van der Waals surface area contributed by atoms with Crippen molar-refractivity contribution >= 4 is 5.91 Å². The molecule has 0 spiro atoms. The van der Waals surface area contributed by atoms with E-state index in [1.165, 1.54) is 12.8 Å². The molecule has 1 rings (SSSR count). The van der Waals surface area contributed by atoms with E-state index in [2.05, 4.69) is 5.32 Å². The Morgan fingerprint density at radius 2 is 2.22 bits per heavy atom. The molecule has 5 heteroatoms. The highest BCUT2D eigenvalue weighted by molar-refractivity contribution is 5.77. The molecule has 0 bridgehead atoms. The number of carbonyl (C=O) groups excluding carboxylic acids is 1. The minimum absolute atomic E-state index is 0.194. The molecule has 1 fully saturated rings. The second kappa shape index (κ2) is 8.45. The number of amides is 1. The van der Waals surface area contributed by atoms with Gasteiger partial charge in [0, 0.05) is 27.2 Å². The second-order valence-electron chi connectivity index (χ2n) is 5.22. The molecule has 0 aromatic carbocycles. The van der Waals surface area contributed by atoms with Gasteiger partial charge in [0.05, 0.1) is 13.2 Å². The van der Waals surface area contributed by atoms with Crippen molar-refractivity contribution in [2.45, 2.75) is 12.8 Å². The van der Waals surface area contributed by atoms with Crippen LogP contribution in [0.4, 0.5) is 0 Å². The molecule has 0 aromatic heterocycles. The molecule has 0 aromatic rings. The highest BCUT2D eigenvalue weighted by Gasteiger charge is 2.18. The Labute approximate surface area is 110 Å². The average molecular weight is 257 g/mol. The van der Waals surface area contributed by atoms with Crippen molar-refractivity contribution in [2.75, 3.05) is 60.5 Å². The molecule has 0 aliphatic carbocycles. The predicted octanol–water partition coefficient (Wildman–Crippen LogP) is 0.0226. The minimum Gasteiger partial charge on any atom is -0.383 e. The van der Waals surface area contributed by atoms with Crippen molar-refractivity contribution in [3.63, 3.8) is 0 Å². The van der Waals surface area contributed by atoms with E-state index in [4.69, 9.17) is 4.74 Å². The van der Waals surface area contributed by atoms with Gasteiger partial charge in [0.15, 0.2) is 0 Å². The highest BCUT2D eigenvalue weighted by Crippen LogP contribution is 2.11. The molecule has 1 aliphatic heterocycles.